The lowest BCUT2D eigenvalue weighted by Crippen LogP contribution is -2.53. The van der Waals surface area contributed by atoms with Crippen molar-refractivity contribution in [3.05, 3.63) is 136 Å². The SMILES string of the molecule is Cc1ccc(NN2C(=O)[C@@H]3C[C@@H]4C(=CC[C@@H]5C(=O)N(c6cccc(C(=O)O)c6)C(=O)[C@@H]54)[C@H](c4ccc(O)cc4Cl)[C@]3(c3ccccc3)C2=O)cc1. The van der Waals surface area contributed by atoms with E-state index in [1.54, 1.807) is 18.2 Å². The molecule has 2 aliphatic heterocycles. The summed E-state index contributed by atoms with van der Waals surface area (Å²) in [6.45, 7) is 1.93. The maximum atomic E-state index is 15.2. The van der Waals surface area contributed by atoms with E-state index in [-0.39, 0.29) is 34.9 Å². The molecule has 256 valence electrons. The van der Waals surface area contributed by atoms with Gasteiger partial charge >= 0.3 is 5.97 Å². The zero-order valence-corrected chi connectivity index (χ0v) is 28.1. The van der Waals surface area contributed by atoms with Crippen LogP contribution in [0.3, 0.4) is 0 Å². The number of allylic oxidation sites excluding steroid dienone is 2. The maximum Gasteiger partial charge on any atom is 0.335 e. The van der Waals surface area contributed by atoms with Crippen LogP contribution in [0.25, 0.3) is 0 Å². The van der Waals surface area contributed by atoms with Gasteiger partial charge in [-0.15, -0.1) is 0 Å². The molecule has 2 heterocycles. The first-order valence-electron chi connectivity index (χ1n) is 16.7. The molecular weight excluding hydrogens is 670 g/mol. The summed E-state index contributed by atoms with van der Waals surface area (Å²) >= 11 is 6.92. The Bertz CT molecular complexity index is 2190. The molecule has 0 radical (unpaired) electrons. The molecule has 6 atom stereocenters. The molecule has 3 N–H and O–H groups in total. The Kier molecular flexibility index (Phi) is 7.61. The van der Waals surface area contributed by atoms with Crippen LogP contribution in [0, 0.1) is 30.6 Å². The first-order valence-corrected chi connectivity index (χ1v) is 17.1. The zero-order valence-electron chi connectivity index (χ0n) is 27.3. The highest BCUT2D eigenvalue weighted by molar-refractivity contribution is 6.31. The summed E-state index contributed by atoms with van der Waals surface area (Å²) in [5.74, 6) is -7.27. The average molecular weight is 702 g/mol. The Morgan fingerprint density at radius 2 is 1.61 bits per heavy atom. The third-order valence-electron chi connectivity index (χ3n) is 11.0. The van der Waals surface area contributed by atoms with Gasteiger partial charge in [-0.2, -0.15) is 5.01 Å². The maximum absolute atomic E-state index is 15.2. The Balaban J connectivity index is 1.31. The monoisotopic (exact) mass is 701 g/mol. The van der Waals surface area contributed by atoms with Gasteiger partial charge in [0, 0.05) is 10.9 Å². The zero-order chi connectivity index (χ0) is 35.8. The summed E-state index contributed by atoms with van der Waals surface area (Å²) < 4.78 is 0. The highest BCUT2D eigenvalue weighted by Gasteiger charge is 2.70. The molecule has 51 heavy (non-hydrogen) atoms. The molecule has 3 fully saturated rings. The summed E-state index contributed by atoms with van der Waals surface area (Å²) in [5.41, 5.74) is 5.00. The molecule has 1 saturated carbocycles. The second-order valence-electron chi connectivity index (χ2n) is 13.7. The van der Waals surface area contributed by atoms with Crippen LogP contribution in [0.4, 0.5) is 11.4 Å². The number of carbonyl (C=O) groups excluding carboxylic acids is 4. The minimum Gasteiger partial charge on any atom is -0.508 e. The quantitative estimate of drug-likeness (QED) is 0.158. The first-order chi connectivity index (χ1) is 24.5. The number of halogens is 1. The van der Waals surface area contributed by atoms with Gasteiger partial charge in [-0.1, -0.05) is 83.4 Å². The Hall–Kier alpha value is -5.74. The number of phenolic OH excluding ortho intramolecular Hbond substituents is 1. The predicted molar refractivity (Wildman–Crippen MR) is 188 cm³/mol. The van der Waals surface area contributed by atoms with E-state index in [4.69, 9.17) is 11.6 Å². The van der Waals surface area contributed by atoms with E-state index >= 15 is 4.79 Å². The van der Waals surface area contributed by atoms with E-state index in [1.165, 1.54) is 36.4 Å². The third-order valence-corrected chi connectivity index (χ3v) is 11.4. The molecule has 2 aliphatic carbocycles. The topological polar surface area (TPSA) is 144 Å². The predicted octanol–water partition coefficient (Wildman–Crippen LogP) is 6.24. The van der Waals surface area contributed by atoms with Crippen LogP contribution in [0.2, 0.25) is 5.02 Å². The van der Waals surface area contributed by atoms with Crippen molar-refractivity contribution in [1.82, 2.24) is 5.01 Å². The summed E-state index contributed by atoms with van der Waals surface area (Å²) in [5, 5.41) is 21.2. The number of anilines is 2. The lowest BCUT2D eigenvalue weighted by atomic mass is 9.49. The van der Waals surface area contributed by atoms with Crippen LogP contribution in [0.15, 0.2) is 109 Å². The number of carboxylic acids is 1. The van der Waals surface area contributed by atoms with Crippen molar-refractivity contribution in [3.8, 4) is 5.75 Å². The summed E-state index contributed by atoms with van der Waals surface area (Å²) in [6, 6.07) is 26.6. The van der Waals surface area contributed by atoms with Gasteiger partial charge in [0.2, 0.25) is 11.8 Å². The number of carboxylic acid groups (broad SMARTS) is 1. The number of nitrogens with zero attached hydrogens (tertiary/aromatic N) is 2. The summed E-state index contributed by atoms with van der Waals surface area (Å²) in [4.78, 5) is 71.2. The van der Waals surface area contributed by atoms with Crippen LogP contribution < -0.4 is 10.3 Å². The number of fused-ring (bicyclic) bond motifs is 4. The minimum absolute atomic E-state index is 0.0645. The normalized spacial score (nSPS) is 26.8. The van der Waals surface area contributed by atoms with Gasteiger partial charge in [-0.3, -0.25) is 29.5 Å². The molecule has 4 amide bonds. The van der Waals surface area contributed by atoms with Gasteiger partial charge in [-0.25, -0.2) is 4.79 Å². The molecule has 8 rings (SSSR count). The molecule has 11 heteroatoms. The van der Waals surface area contributed by atoms with Crippen LogP contribution in [-0.2, 0) is 24.6 Å². The third kappa shape index (κ3) is 4.80. The Morgan fingerprint density at radius 3 is 2.31 bits per heavy atom. The van der Waals surface area contributed by atoms with E-state index < -0.39 is 64.6 Å². The van der Waals surface area contributed by atoms with E-state index in [2.05, 4.69) is 5.43 Å². The van der Waals surface area contributed by atoms with Crippen molar-refractivity contribution in [2.24, 2.45) is 23.7 Å². The molecule has 0 aromatic heterocycles. The van der Waals surface area contributed by atoms with E-state index in [9.17, 15) is 29.4 Å². The Morgan fingerprint density at radius 1 is 0.863 bits per heavy atom. The van der Waals surface area contributed by atoms with Crippen molar-refractivity contribution < 1.29 is 34.2 Å². The smallest absolute Gasteiger partial charge is 0.335 e. The van der Waals surface area contributed by atoms with E-state index in [1.807, 2.05) is 55.5 Å². The molecule has 0 unspecified atom stereocenters. The van der Waals surface area contributed by atoms with Crippen molar-refractivity contribution >= 4 is 52.6 Å². The average Bonchev–Trinajstić information content (AvgIpc) is 3.50. The molecule has 4 aliphatic rings. The Labute approximate surface area is 297 Å². The fraction of sp³-hybridized carbons (Fsp3) is 0.225. The number of imide groups is 2. The molecule has 2 saturated heterocycles. The van der Waals surface area contributed by atoms with Crippen molar-refractivity contribution in [2.75, 3.05) is 10.3 Å². The highest BCUT2D eigenvalue weighted by atomic mass is 35.5. The van der Waals surface area contributed by atoms with Gasteiger partial charge in [0.15, 0.2) is 0 Å². The molecule has 4 aromatic rings. The number of hydrogen-bond donors (Lipinski definition) is 3. The molecule has 0 spiro atoms. The van der Waals surface area contributed by atoms with Gasteiger partial charge in [0.1, 0.15) is 5.75 Å². The summed E-state index contributed by atoms with van der Waals surface area (Å²) in [7, 11) is 0. The first kappa shape index (κ1) is 32.5. The van der Waals surface area contributed by atoms with Gasteiger partial charge in [0.05, 0.1) is 40.1 Å². The van der Waals surface area contributed by atoms with Crippen molar-refractivity contribution in [3.63, 3.8) is 0 Å². The van der Waals surface area contributed by atoms with Crippen LogP contribution in [0.5, 0.6) is 5.75 Å². The molecular formula is C40H32ClN3O7. The van der Waals surface area contributed by atoms with Crippen LogP contribution in [0.1, 0.15) is 45.8 Å². The second-order valence-corrected chi connectivity index (χ2v) is 14.1. The fourth-order valence-corrected chi connectivity index (χ4v) is 9.16. The van der Waals surface area contributed by atoms with E-state index in [0.717, 1.165) is 15.5 Å². The number of aromatic carboxylic acids is 1. The lowest BCUT2D eigenvalue weighted by Gasteiger charge is -2.50. The van der Waals surface area contributed by atoms with E-state index in [0.29, 0.717) is 22.4 Å². The highest BCUT2D eigenvalue weighted by Crippen LogP contribution is 2.64. The minimum atomic E-state index is -1.51. The van der Waals surface area contributed by atoms with Gasteiger partial charge in [-0.05, 0) is 79.3 Å². The van der Waals surface area contributed by atoms with Crippen molar-refractivity contribution in [2.45, 2.75) is 31.1 Å². The number of aryl methyl sites for hydroxylation is 1. The number of hydrogen-bond acceptors (Lipinski definition) is 7. The largest absolute Gasteiger partial charge is 0.508 e. The standard InChI is InChI=1S/C40H32ClN3O7/c1-21-10-12-24(13-11-21)42-44-36(47)31-20-30-27(16-17-29-33(30)37(48)43(35(29)46)25-9-5-6-22(18-25)38(49)50)34(28-15-14-26(45)19-32(28)41)40(31,39(44)51)23-7-3-2-4-8-23/h2-16,18-19,29-31,33-34,42,45H,17,20H2,1H3,(H,49,50)/t29-,30+,31-,33-,34+,40+/m0/s1. The number of aromatic hydroxyl groups is 1. The number of nitrogens with one attached hydrogen (secondary N) is 1. The lowest BCUT2D eigenvalue weighted by molar-refractivity contribution is -0.138. The summed E-state index contributed by atoms with van der Waals surface area (Å²) in [6.07, 6.45) is 2.19. The number of carbonyl (C=O) groups is 5. The van der Waals surface area contributed by atoms with Gasteiger partial charge in [0.25, 0.3) is 11.8 Å². The number of phenols is 1. The van der Waals surface area contributed by atoms with Crippen LogP contribution >= 0.6 is 11.6 Å². The number of benzene rings is 4. The molecule has 0 bridgehead atoms. The van der Waals surface area contributed by atoms with Gasteiger partial charge < -0.3 is 10.2 Å². The fourth-order valence-electron chi connectivity index (χ4n) is 8.87. The number of rotatable bonds is 6. The van der Waals surface area contributed by atoms with Crippen LogP contribution in [-0.4, -0.2) is 44.8 Å². The molecule has 10 nitrogen and oxygen atoms in total. The number of amides is 4. The number of hydrazine groups is 1. The van der Waals surface area contributed by atoms with Crippen molar-refractivity contribution in [1.29, 1.82) is 0 Å². The molecule has 4 aromatic carbocycles. The second kappa shape index (κ2) is 11.9.